The molecule has 3 heteroatoms. The van der Waals surface area contributed by atoms with Gasteiger partial charge in [-0.1, -0.05) is 0 Å². The average Bonchev–Trinajstić information content (AvgIpc) is 1.62. The lowest BCUT2D eigenvalue weighted by Crippen LogP contribution is -2.30. The van der Waals surface area contributed by atoms with Crippen molar-refractivity contribution in [2.24, 2.45) is 5.73 Å². The van der Waals surface area contributed by atoms with Crippen LogP contribution in [-0.2, 0) is 4.74 Å². The normalized spacial score (nSPS) is 14.1. The molecule has 0 radical (unpaired) electrons. The van der Waals surface area contributed by atoms with Crippen LogP contribution < -0.4 is 5.73 Å². The lowest BCUT2D eigenvalue weighted by atomic mass is 10.2. The van der Waals surface area contributed by atoms with Gasteiger partial charge < -0.3 is 10.5 Å². The summed E-state index contributed by atoms with van der Waals surface area (Å²) in [6.07, 6.45) is 0.171. The van der Waals surface area contributed by atoms with E-state index in [1.807, 2.05) is 27.7 Å². The third kappa shape index (κ3) is 8.21. The van der Waals surface area contributed by atoms with Gasteiger partial charge in [0, 0.05) is 6.54 Å². The van der Waals surface area contributed by atoms with Crippen molar-refractivity contribution in [3.05, 3.63) is 0 Å². The minimum atomic E-state index is -0.0568. The van der Waals surface area contributed by atoms with Gasteiger partial charge in [0.15, 0.2) is 0 Å². The molecule has 0 saturated carbocycles. The van der Waals surface area contributed by atoms with Crippen LogP contribution in [0.2, 0.25) is 0 Å². The van der Waals surface area contributed by atoms with Crippen LogP contribution in [-0.4, -0.2) is 18.2 Å². The van der Waals surface area contributed by atoms with Gasteiger partial charge in [-0.3, -0.25) is 0 Å². The molecule has 2 N–H and O–H groups in total. The molecule has 0 aromatic carbocycles. The average molecular weight is 168 g/mol. The molecule has 0 heterocycles. The summed E-state index contributed by atoms with van der Waals surface area (Å²) < 4.78 is 5.46. The van der Waals surface area contributed by atoms with Gasteiger partial charge in [-0.2, -0.15) is 0 Å². The molecule has 0 aliphatic heterocycles. The molecular weight excluding hydrogens is 150 g/mol. The number of ether oxygens (including phenoxy) is 1. The number of halogens is 1. The van der Waals surface area contributed by atoms with E-state index in [4.69, 9.17) is 10.5 Å². The van der Waals surface area contributed by atoms with E-state index < -0.39 is 0 Å². The van der Waals surface area contributed by atoms with Crippen LogP contribution in [0.15, 0.2) is 0 Å². The highest BCUT2D eigenvalue weighted by molar-refractivity contribution is 5.85. The van der Waals surface area contributed by atoms with E-state index in [0.29, 0.717) is 6.54 Å². The quantitative estimate of drug-likeness (QED) is 0.678. The Bertz CT molecular complexity index is 80.2. The molecule has 0 aliphatic carbocycles. The Morgan fingerprint density at radius 2 is 1.80 bits per heavy atom. The van der Waals surface area contributed by atoms with Crippen LogP contribution in [0.1, 0.15) is 27.7 Å². The summed E-state index contributed by atoms with van der Waals surface area (Å²) in [5.41, 5.74) is 5.30. The van der Waals surface area contributed by atoms with Crippen LogP contribution in [0.3, 0.4) is 0 Å². The van der Waals surface area contributed by atoms with Gasteiger partial charge in [0.2, 0.25) is 0 Å². The SMILES string of the molecule is C[C@H](CN)OC(C)(C)C.Cl. The minimum Gasteiger partial charge on any atom is -0.372 e. The van der Waals surface area contributed by atoms with E-state index >= 15 is 0 Å². The summed E-state index contributed by atoms with van der Waals surface area (Å²) in [6, 6.07) is 0. The first kappa shape index (κ1) is 12.8. The molecule has 0 saturated heterocycles. The smallest absolute Gasteiger partial charge is 0.0676 e. The Kier molecular flexibility index (Phi) is 6.35. The molecule has 0 aliphatic rings. The fourth-order valence-electron chi connectivity index (χ4n) is 0.652. The monoisotopic (exact) mass is 167 g/mol. The first-order valence-corrected chi connectivity index (χ1v) is 3.33. The van der Waals surface area contributed by atoms with Crippen LogP contribution in [0.4, 0.5) is 0 Å². The van der Waals surface area contributed by atoms with Crippen molar-refractivity contribution in [2.75, 3.05) is 6.54 Å². The highest BCUT2D eigenvalue weighted by atomic mass is 35.5. The third-order valence-corrected chi connectivity index (χ3v) is 0.887. The van der Waals surface area contributed by atoms with Crippen molar-refractivity contribution in [1.29, 1.82) is 0 Å². The van der Waals surface area contributed by atoms with Crippen molar-refractivity contribution in [1.82, 2.24) is 0 Å². The molecule has 64 valence electrons. The van der Waals surface area contributed by atoms with Crippen LogP contribution >= 0.6 is 12.4 Å². The maximum absolute atomic E-state index is 5.46. The topological polar surface area (TPSA) is 35.2 Å². The summed E-state index contributed by atoms with van der Waals surface area (Å²) in [7, 11) is 0. The number of rotatable bonds is 2. The lowest BCUT2D eigenvalue weighted by Gasteiger charge is -2.23. The van der Waals surface area contributed by atoms with Crippen molar-refractivity contribution < 1.29 is 4.74 Å². The molecule has 10 heavy (non-hydrogen) atoms. The zero-order valence-electron chi connectivity index (χ0n) is 7.18. The van der Waals surface area contributed by atoms with Gasteiger partial charge in [0.05, 0.1) is 11.7 Å². The molecule has 0 aromatic rings. The van der Waals surface area contributed by atoms with E-state index in [0.717, 1.165) is 0 Å². The molecular formula is C7H18ClNO. The molecule has 0 spiro atoms. The molecule has 0 aromatic heterocycles. The summed E-state index contributed by atoms with van der Waals surface area (Å²) in [6.45, 7) is 8.65. The van der Waals surface area contributed by atoms with Gasteiger partial charge >= 0.3 is 0 Å². The minimum absolute atomic E-state index is 0. The Hall–Kier alpha value is 0.210. The Morgan fingerprint density at radius 3 is 1.90 bits per heavy atom. The first-order valence-electron chi connectivity index (χ1n) is 3.33. The molecule has 2 nitrogen and oxygen atoms in total. The van der Waals surface area contributed by atoms with E-state index in [9.17, 15) is 0 Å². The maximum Gasteiger partial charge on any atom is 0.0676 e. The van der Waals surface area contributed by atoms with Crippen LogP contribution in [0, 0.1) is 0 Å². The summed E-state index contributed by atoms with van der Waals surface area (Å²) >= 11 is 0. The van der Waals surface area contributed by atoms with Gasteiger partial charge in [-0.05, 0) is 27.7 Å². The third-order valence-electron chi connectivity index (χ3n) is 0.887. The second-order valence-electron chi connectivity index (χ2n) is 3.28. The number of hydrogen-bond donors (Lipinski definition) is 1. The lowest BCUT2D eigenvalue weighted by molar-refractivity contribution is -0.0466. The van der Waals surface area contributed by atoms with Crippen LogP contribution in [0.5, 0.6) is 0 Å². The van der Waals surface area contributed by atoms with E-state index in [-0.39, 0.29) is 24.1 Å². The molecule has 0 unspecified atom stereocenters. The summed E-state index contributed by atoms with van der Waals surface area (Å²) in [4.78, 5) is 0. The van der Waals surface area contributed by atoms with Gasteiger partial charge in [-0.25, -0.2) is 0 Å². The maximum atomic E-state index is 5.46. The predicted octanol–water partition coefficient (Wildman–Crippen LogP) is 1.57. The Morgan fingerprint density at radius 1 is 1.40 bits per heavy atom. The zero-order valence-corrected chi connectivity index (χ0v) is 7.99. The zero-order chi connectivity index (χ0) is 7.49. The van der Waals surface area contributed by atoms with Crippen molar-refractivity contribution in [3.63, 3.8) is 0 Å². The molecule has 0 rings (SSSR count). The largest absolute Gasteiger partial charge is 0.372 e. The van der Waals surface area contributed by atoms with Gasteiger partial charge in [0.1, 0.15) is 0 Å². The molecule has 0 amide bonds. The number of hydrogen-bond acceptors (Lipinski definition) is 2. The summed E-state index contributed by atoms with van der Waals surface area (Å²) in [5, 5.41) is 0. The molecule has 0 fully saturated rings. The van der Waals surface area contributed by atoms with Crippen molar-refractivity contribution >= 4 is 12.4 Å². The standard InChI is InChI=1S/C7H17NO.ClH/c1-6(5-8)9-7(2,3)4;/h6H,5,8H2,1-4H3;1H/t6-;/m1./s1. The van der Waals surface area contributed by atoms with Gasteiger partial charge in [-0.15, -0.1) is 12.4 Å². The highest BCUT2D eigenvalue weighted by Gasteiger charge is 2.13. The van der Waals surface area contributed by atoms with E-state index in [2.05, 4.69) is 0 Å². The molecule has 0 bridgehead atoms. The highest BCUT2D eigenvalue weighted by Crippen LogP contribution is 2.09. The fourth-order valence-corrected chi connectivity index (χ4v) is 0.652. The number of nitrogens with two attached hydrogens (primary N) is 1. The van der Waals surface area contributed by atoms with E-state index in [1.54, 1.807) is 0 Å². The van der Waals surface area contributed by atoms with Crippen molar-refractivity contribution in [2.45, 2.75) is 39.4 Å². The fraction of sp³-hybridized carbons (Fsp3) is 1.00. The van der Waals surface area contributed by atoms with E-state index in [1.165, 1.54) is 0 Å². The predicted molar refractivity (Wildman–Crippen MR) is 46.6 cm³/mol. The summed E-state index contributed by atoms with van der Waals surface area (Å²) in [5.74, 6) is 0. The second-order valence-corrected chi connectivity index (χ2v) is 3.28. The Balaban J connectivity index is 0. The second kappa shape index (κ2) is 4.94. The Labute approximate surface area is 69.5 Å². The molecule has 1 atom stereocenters. The van der Waals surface area contributed by atoms with Crippen molar-refractivity contribution in [3.8, 4) is 0 Å². The first-order chi connectivity index (χ1) is 3.95. The van der Waals surface area contributed by atoms with Gasteiger partial charge in [0.25, 0.3) is 0 Å². The van der Waals surface area contributed by atoms with Crippen LogP contribution in [0.25, 0.3) is 0 Å².